The first-order valence-electron chi connectivity index (χ1n) is 19.8. The van der Waals surface area contributed by atoms with E-state index in [1.54, 1.807) is 0 Å². The lowest BCUT2D eigenvalue weighted by Gasteiger charge is -2.12. The number of hydrogen-bond donors (Lipinski definition) is 0. The summed E-state index contributed by atoms with van der Waals surface area (Å²) in [6.45, 7) is 0. The maximum atomic E-state index is 5.00. The highest BCUT2D eigenvalue weighted by atomic mass is 32.1. The standard InChI is InChI=1S/C53H33N5S/c1-4-13-35(14-5-1)51-54-52(36-15-6-2-7-16-36)56-53(55-51)39-18-12-17-37(31-39)34-23-25-41(26-24-34)58-46-33-45-38(29-30-57(45)40-19-8-3-9-20-40)32-44(46)42-27-28-48-49(50(42)58)43-21-10-11-22-47(43)59-48/h1-33H. The lowest BCUT2D eigenvalue weighted by molar-refractivity contribution is 1.07. The molecule has 0 amide bonds. The number of para-hydroxylation sites is 1. The summed E-state index contributed by atoms with van der Waals surface area (Å²) in [7, 11) is 0. The van der Waals surface area contributed by atoms with Crippen molar-refractivity contribution in [2.45, 2.75) is 0 Å². The number of benzene rings is 8. The number of hydrogen-bond acceptors (Lipinski definition) is 4. The first kappa shape index (κ1) is 33.5. The van der Waals surface area contributed by atoms with E-state index in [-0.39, 0.29) is 0 Å². The van der Waals surface area contributed by atoms with Crippen LogP contribution in [0.4, 0.5) is 0 Å². The predicted octanol–water partition coefficient (Wildman–Crippen LogP) is 13.9. The molecule has 276 valence electrons. The summed E-state index contributed by atoms with van der Waals surface area (Å²) in [5.41, 5.74) is 10.9. The Kier molecular flexibility index (Phi) is 7.64. The van der Waals surface area contributed by atoms with Crippen LogP contribution in [0.1, 0.15) is 0 Å². The van der Waals surface area contributed by atoms with Crippen LogP contribution in [-0.2, 0) is 0 Å². The molecular formula is C53H33N5S. The molecule has 0 unspecified atom stereocenters. The summed E-state index contributed by atoms with van der Waals surface area (Å²) in [5, 5.41) is 6.31. The lowest BCUT2D eigenvalue weighted by atomic mass is 10.0. The maximum absolute atomic E-state index is 5.00. The number of nitrogens with zero attached hydrogens (tertiary/aromatic N) is 5. The summed E-state index contributed by atoms with van der Waals surface area (Å²) in [5.74, 6) is 1.94. The second-order valence-electron chi connectivity index (χ2n) is 14.9. The molecule has 4 aromatic heterocycles. The van der Waals surface area contributed by atoms with E-state index in [4.69, 9.17) is 15.0 Å². The van der Waals surface area contributed by atoms with Crippen LogP contribution in [0.25, 0.3) is 110 Å². The minimum absolute atomic E-state index is 0.639. The smallest absolute Gasteiger partial charge is 0.164 e. The normalized spacial score (nSPS) is 11.7. The van der Waals surface area contributed by atoms with Gasteiger partial charge in [0.25, 0.3) is 0 Å². The highest BCUT2D eigenvalue weighted by molar-refractivity contribution is 7.26. The molecule has 0 saturated heterocycles. The van der Waals surface area contributed by atoms with E-state index in [0.29, 0.717) is 17.5 Å². The average molecular weight is 772 g/mol. The Balaban J connectivity index is 1.02. The largest absolute Gasteiger partial charge is 0.316 e. The monoisotopic (exact) mass is 771 g/mol. The summed E-state index contributed by atoms with van der Waals surface area (Å²) < 4.78 is 7.36. The fraction of sp³-hybridized carbons (Fsp3) is 0. The lowest BCUT2D eigenvalue weighted by Crippen LogP contribution is -2.00. The summed E-state index contributed by atoms with van der Waals surface area (Å²) in [4.78, 5) is 14.9. The zero-order chi connectivity index (χ0) is 38.9. The van der Waals surface area contributed by atoms with Crippen LogP contribution in [-0.4, -0.2) is 24.1 Å². The maximum Gasteiger partial charge on any atom is 0.164 e. The fourth-order valence-electron chi connectivity index (χ4n) is 8.60. The molecule has 4 heterocycles. The van der Waals surface area contributed by atoms with Gasteiger partial charge in [0.15, 0.2) is 17.5 Å². The molecule has 0 aliphatic carbocycles. The zero-order valence-electron chi connectivity index (χ0n) is 31.7. The molecule has 59 heavy (non-hydrogen) atoms. The van der Waals surface area contributed by atoms with Crippen LogP contribution in [0.2, 0.25) is 0 Å². The van der Waals surface area contributed by atoms with Gasteiger partial charge in [0.2, 0.25) is 0 Å². The molecule has 5 nitrogen and oxygen atoms in total. The van der Waals surface area contributed by atoms with E-state index < -0.39 is 0 Å². The van der Waals surface area contributed by atoms with Gasteiger partial charge in [-0.05, 0) is 71.8 Å². The molecule has 8 aromatic carbocycles. The van der Waals surface area contributed by atoms with Gasteiger partial charge in [-0.3, -0.25) is 0 Å². The second-order valence-corrected chi connectivity index (χ2v) is 16.0. The molecule has 0 spiro atoms. The minimum Gasteiger partial charge on any atom is -0.316 e. The Bertz CT molecular complexity index is 3470. The highest BCUT2D eigenvalue weighted by Crippen LogP contribution is 2.44. The first-order chi connectivity index (χ1) is 29.2. The van der Waals surface area contributed by atoms with Crippen LogP contribution in [0.15, 0.2) is 200 Å². The molecule has 0 saturated carbocycles. The molecule has 0 radical (unpaired) electrons. The molecule has 0 aliphatic heterocycles. The Morgan fingerprint density at radius 3 is 1.73 bits per heavy atom. The summed E-state index contributed by atoms with van der Waals surface area (Å²) in [6, 6.07) is 68.7. The SMILES string of the molecule is c1ccc(-c2nc(-c3ccccc3)nc(-c3cccc(-c4ccc(-n5c6cc7c(ccn7-c7ccccc7)cc6c6ccc7sc8ccccc8c7c65)cc4)c3)n2)cc1. The molecule has 0 atom stereocenters. The van der Waals surface area contributed by atoms with Gasteiger partial charge in [0.1, 0.15) is 0 Å². The predicted molar refractivity (Wildman–Crippen MR) is 246 cm³/mol. The van der Waals surface area contributed by atoms with Crippen molar-refractivity contribution >= 4 is 64.2 Å². The average Bonchev–Trinajstić information content (AvgIpc) is 4.00. The van der Waals surface area contributed by atoms with Crippen molar-refractivity contribution in [2.75, 3.05) is 0 Å². The number of fused-ring (bicyclic) bond motifs is 8. The fourth-order valence-corrected chi connectivity index (χ4v) is 9.71. The van der Waals surface area contributed by atoms with Crippen molar-refractivity contribution in [3.8, 4) is 56.7 Å². The van der Waals surface area contributed by atoms with Gasteiger partial charge in [-0.25, -0.2) is 15.0 Å². The van der Waals surface area contributed by atoms with E-state index in [1.165, 1.54) is 52.9 Å². The van der Waals surface area contributed by atoms with E-state index in [9.17, 15) is 0 Å². The van der Waals surface area contributed by atoms with Gasteiger partial charge in [0, 0.05) is 70.6 Å². The Hall–Kier alpha value is -7.67. The number of aromatic nitrogens is 5. The Morgan fingerprint density at radius 1 is 0.373 bits per heavy atom. The number of thiophene rings is 1. The molecule has 0 fully saturated rings. The van der Waals surface area contributed by atoms with E-state index in [1.807, 2.05) is 72.0 Å². The van der Waals surface area contributed by atoms with Crippen molar-refractivity contribution in [3.05, 3.63) is 200 Å². The molecule has 12 aromatic rings. The van der Waals surface area contributed by atoms with Gasteiger partial charge >= 0.3 is 0 Å². The third-order valence-electron chi connectivity index (χ3n) is 11.4. The van der Waals surface area contributed by atoms with Crippen molar-refractivity contribution in [3.63, 3.8) is 0 Å². The molecule has 12 rings (SSSR count). The van der Waals surface area contributed by atoms with Gasteiger partial charge in [-0.15, -0.1) is 11.3 Å². The second kappa shape index (κ2) is 13.5. The van der Waals surface area contributed by atoms with Gasteiger partial charge < -0.3 is 9.13 Å². The van der Waals surface area contributed by atoms with Gasteiger partial charge in [0.05, 0.1) is 16.6 Å². The number of rotatable bonds is 6. The molecule has 6 heteroatoms. The third-order valence-corrected chi connectivity index (χ3v) is 12.5. The van der Waals surface area contributed by atoms with Crippen molar-refractivity contribution in [1.29, 1.82) is 0 Å². The topological polar surface area (TPSA) is 48.5 Å². The van der Waals surface area contributed by atoms with Crippen molar-refractivity contribution in [2.24, 2.45) is 0 Å². The molecule has 0 aliphatic rings. The molecular weight excluding hydrogens is 739 g/mol. The van der Waals surface area contributed by atoms with Crippen LogP contribution < -0.4 is 0 Å². The molecule has 0 bridgehead atoms. The first-order valence-corrected chi connectivity index (χ1v) is 20.6. The van der Waals surface area contributed by atoms with E-state index >= 15 is 0 Å². The minimum atomic E-state index is 0.639. The Labute approximate surface area is 343 Å². The van der Waals surface area contributed by atoms with Crippen LogP contribution in [0.3, 0.4) is 0 Å². The van der Waals surface area contributed by atoms with E-state index in [2.05, 4.69) is 149 Å². The zero-order valence-corrected chi connectivity index (χ0v) is 32.5. The van der Waals surface area contributed by atoms with Crippen LogP contribution >= 0.6 is 11.3 Å². The highest BCUT2D eigenvalue weighted by Gasteiger charge is 2.20. The third kappa shape index (κ3) is 5.57. The van der Waals surface area contributed by atoms with Crippen LogP contribution in [0, 0.1) is 0 Å². The van der Waals surface area contributed by atoms with E-state index in [0.717, 1.165) is 39.2 Å². The molecule has 0 N–H and O–H groups in total. The van der Waals surface area contributed by atoms with Crippen LogP contribution in [0.5, 0.6) is 0 Å². The van der Waals surface area contributed by atoms with Gasteiger partial charge in [-0.2, -0.15) is 0 Å². The van der Waals surface area contributed by atoms with Crippen molar-refractivity contribution in [1.82, 2.24) is 24.1 Å². The summed E-state index contributed by atoms with van der Waals surface area (Å²) in [6.07, 6.45) is 2.18. The van der Waals surface area contributed by atoms with Gasteiger partial charge in [-0.1, -0.05) is 133 Å². The van der Waals surface area contributed by atoms with Crippen molar-refractivity contribution < 1.29 is 0 Å². The Morgan fingerprint density at radius 2 is 1.00 bits per heavy atom. The quantitative estimate of drug-likeness (QED) is 0.169. The summed E-state index contributed by atoms with van der Waals surface area (Å²) >= 11 is 1.86.